The lowest BCUT2D eigenvalue weighted by molar-refractivity contribution is -0.149. The van der Waals surface area contributed by atoms with E-state index in [1.165, 1.54) is 12.1 Å². The lowest BCUT2D eigenvalue weighted by Gasteiger charge is -2.22. The first-order valence-electron chi connectivity index (χ1n) is 9.51. The number of carbonyl (C=O) groups is 2. The van der Waals surface area contributed by atoms with Crippen LogP contribution in [-0.2, 0) is 14.3 Å². The summed E-state index contributed by atoms with van der Waals surface area (Å²) in [6, 6.07) is 14.0. The number of benzene rings is 2. The van der Waals surface area contributed by atoms with Gasteiger partial charge in [0.1, 0.15) is 5.82 Å². The van der Waals surface area contributed by atoms with Crippen molar-refractivity contribution in [1.82, 2.24) is 0 Å². The van der Waals surface area contributed by atoms with E-state index < -0.39 is 0 Å². The number of nitrogens with zero attached hydrogens (tertiary/aromatic N) is 1. The zero-order chi connectivity index (χ0) is 19.7. The summed E-state index contributed by atoms with van der Waals surface area (Å²) in [6.07, 6.45) is 1.56. The molecule has 4 nitrogen and oxygen atoms in total. The van der Waals surface area contributed by atoms with Crippen LogP contribution in [0.25, 0.3) is 0 Å². The second-order valence-corrected chi connectivity index (χ2v) is 8.82. The highest BCUT2D eigenvalue weighted by molar-refractivity contribution is 8.00. The topological polar surface area (TPSA) is 46.6 Å². The fourth-order valence-electron chi connectivity index (χ4n) is 3.60. The Morgan fingerprint density at radius 2 is 1.93 bits per heavy atom. The van der Waals surface area contributed by atoms with Gasteiger partial charge in [-0.05, 0) is 48.6 Å². The highest BCUT2D eigenvalue weighted by Crippen LogP contribution is 2.48. The van der Waals surface area contributed by atoms with E-state index in [9.17, 15) is 14.0 Å². The minimum absolute atomic E-state index is 0.0550. The van der Waals surface area contributed by atoms with Gasteiger partial charge in [-0.1, -0.05) is 31.2 Å². The van der Waals surface area contributed by atoms with Gasteiger partial charge in [-0.3, -0.25) is 9.59 Å². The number of para-hydroxylation sites is 1. The van der Waals surface area contributed by atoms with E-state index in [0.717, 1.165) is 22.6 Å². The average molecular weight is 399 g/mol. The Kier molecular flexibility index (Phi) is 5.40. The summed E-state index contributed by atoms with van der Waals surface area (Å²) < 4.78 is 18.4. The van der Waals surface area contributed by atoms with Gasteiger partial charge >= 0.3 is 5.97 Å². The maximum atomic E-state index is 13.0. The summed E-state index contributed by atoms with van der Waals surface area (Å²) in [4.78, 5) is 27.9. The highest BCUT2D eigenvalue weighted by Gasteiger charge is 2.45. The number of hydrogen-bond donors (Lipinski definition) is 0. The van der Waals surface area contributed by atoms with E-state index in [4.69, 9.17) is 4.74 Å². The maximum Gasteiger partial charge on any atom is 0.310 e. The van der Waals surface area contributed by atoms with Crippen molar-refractivity contribution in [1.29, 1.82) is 0 Å². The first kappa shape index (κ1) is 19.0. The summed E-state index contributed by atoms with van der Waals surface area (Å²) in [6.45, 7) is 2.51. The van der Waals surface area contributed by atoms with Gasteiger partial charge in [0, 0.05) is 16.7 Å². The first-order chi connectivity index (χ1) is 13.5. The van der Waals surface area contributed by atoms with E-state index >= 15 is 0 Å². The Morgan fingerprint density at radius 3 is 2.71 bits per heavy atom. The number of hydrogen-bond acceptors (Lipinski definition) is 4. The SMILES string of the molecule is C[C@@H]1CCN(C(=O)COC(=O)[C@H]2C[C@@H]2c2ccc(F)cc2)c2ccccc2S1. The molecule has 2 aromatic rings. The van der Waals surface area contributed by atoms with Crippen LogP contribution >= 0.6 is 11.8 Å². The largest absolute Gasteiger partial charge is 0.455 e. The molecule has 0 unspecified atom stereocenters. The Hall–Kier alpha value is -2.34. The lowest BCUT2D eigenvalue weighted by Crippen LogP contribution is -2.36. The van der Waals surface area contributed by atoms with Crippen molar-refractivity contribution < 1.29 is 18.7 Å². The molecule has 2 aliphatic rings. The third-order valence-corrected chi connectivity index (χ3v) is 6.51. The summed E-state index contributed by atoms with van der Waals surface area (Å²) in [5.41, 5.74) is 1.82. The molecular weight excluding hydrogens is 377 g/mol. The van der Waals surface area contributed by atoms with Crippen molar-refractivity contribution in [3.8, 4) is 0 Å². The number of rotatable bonds is 4. The number of ether oxygens (including phenoxy) is 1. The quantitative estimate of drug-likeness (QED) is 0.716. The second-order valence-electron chi connectivity index (χ2n) is 7.34. The monoisotopic (exact) mass is 399 g/mol. The minimum atomic E-state index is -0.353. The molecule has 1 amide bonds. The van der Waals surface area contributed by atoms with Gasteiger partial charge in [-0.15, -0.1) is 11.8 Å². The van der Waals surface area contributed by atoms with E-state index in [0.29, 0.717) is 18.2 Å². The molecule has 3 atom stereocenters. The molecule has 1 heterocycles. The molecule has 0 bridgehead atoms. The predicted molar refractivity (Wildman–Crippen MR) is 107 cm³/mol. The van der Waals surface area contributed by atoms with Crippen LogP contribution < -0.4 is 4.90 Å². The number of fused-ring (bicyclic) bond motifs is 1. The van der Waals surface area contributed by atoms with Crippen molar-refractivity contribution in [2.45, 2.75) is 35.8 Å². The molecular formula is C22H22FNO3S. The van der Waals surface area contributed by atoms with Gasteiger partial charge in [-0.2, -0.15) is 0 Å². The van der Waals surface area contributed by atoms with Crippen molar-refractivity contribution in [2.24, 2.45) is 5.92 Å². The molecule has 1 saturated carbocycles. The second kappa shape index (κ2) is 7.95. The Morgan fingerprint density at radius 1 is 1.18 bits per heavy atom. The third kappa shape index (κ3) is 4.07. The van der Waals surface area contributed by atoms with Crippen LogP contribution in [-0.4, -0.2) is 30.3 Å². The number of amides is 1. The average Bonchev–Trinajstić information content (AvgIpc) is 3.50. The van der Waals surface area contributed by atoms with Crippen LogP contribution in [0.3, 0.4) is 0 Å². The van der Waals surface area contributed by atoms with E-state index in [-0.39, 0.29) is 36.1 Å². The molecule has 0 saturated heterocycles. The van der Waals surface area contributed by atoms with Crippen molar-refractivity contribution >= 4 is 29.3 Å². The van der Waals surface area contributed by atoms with Gasteiger partial charge in [0.25, 0.3) is 5.91 Å². The lowest BCUT2D eigenvalue weighted by atomic mass is 10.1. The number of esters is 1. The minimum Gasteiger partial charge on any atom is -0.455 e. The molecule has 0 N–H and O–H groups in total. The van der Waals surface area contributed by atoms with Gasteiger partial charge in [0.15, 0.2) is 6.61 Å². The molecule has 146 valence electrons. The standard InChI is InChI=1S/C22H22FNO3S/c1-14-10-11-24(19-4-2-3-5-20(19)28-14)21(25)13-27-22(26)18-12-17(18)15-6-8-16(23)9-7-15/h2-9,14,17-18H,10-13H2,1H3/t14-,17-,18+/m1/s1. The number of halogens is 1. The fourth-order valence-corrected chi connectivity index (χ4v) is 4.71. The molecule has 6 heteroatoms. The van der Waals surface area contributed by atoms with Crippen LogP contribution in [0.1, 0.15) is 31.2 Å². The Labute approximate surface area is 168 Å². The van der Waals surface area contributed by atoms with E-state index in [1.54, 1.807) is 28.8 Å². The predicted octanol–water partition coefficient (Wildman–Crippen LogP) is 4.39. The molecule has 1 fully saturated rings. The van der Waals surface area contributed by atoms with Gasteiger partial charge in [0.2, 0.25) is 0 Å². The third-order valence-electron chi connectivity index (χ3n) is 5.27. The van der Waals surface area contributed by atoms with Crippen LogP contribution in [0.5, 0.6) is 0 Å². The molecule has 28 heavy (non-hydrogen) atoms. The molecule has 0 aromatic heterocycles. The molecule has 2 aromatic carbocycles. The van der Waals surface area contributed by atoms with E-state index in [2.05, 4.69) is 6.92 Å². The highest BCUT2D eigenvalue weighted by atomic mass is 32.2. The molecule has 0 spiro atoms. The maximum absolute atomic E-state index is 13.0. The number of anilines is 1. The van der Waals surface area contributed by atoms with Gasteiger partial charge in [-0.25, -0.2) is 4.39 Å². The van der Waals surface area contributed by atoms with Gasteiger partial charge < -0.3 is 9.64 Å². The van der Waals surface area contributed by atoms with E-state index in [1.807, 2.05) is 24.3 Å². The normalized spacial score (nSPS) is 23.5. The Balaban J connectivity index is 1.36. The molecule has 4 rings (SSSR count). The van der Waals surface area contributed by atoms with Crippen molar-refractivity contribution in [3.05, 3.63) is 59.9 Å². The van der Waals surface area contributed by atoms with Crippen LogP contribution in [0.15, 0.2) is 53.4 Å². The fraction of sp³-hybridized carbons (Fsp3) is 0.364. The molecule has 0 radical (unpaired) electrons. The molecule has 1 aliphatic carbocycles. The van der Waals surface area contributed by atoms with Crippen LogP contribution in [0.2, 0.25) is 0 Å². The van der Waals surface area contributed by atoms with Crippen LogP contribution in [0.4, 0.5) is 10.1 Å². The molecule has 1 aliphatic heterocycles. The summed E-state index contributed by atoms with van der Waals surface area (Å²) in [5.74, 6) is -1.04. The van der Waals surface area contributed by atoms with Gasteiger partial charge in [0.05, 0.1) is 11.6 Å². The number of thioether (sulfide) groups is 1. The van der Waals surface area contributed by atoms with Crippen molar-refractivity contribution in [3.63, 3.8) is 0 Å². The summed E-state index contributed by atoms with van der Waals surface area (Å²) >= 11 is 1.76. The zero-order valence-corrected chi connectivity index (χ0v) is 16.5. The smallest absolute Gasteiger partial charge is 0.310 e. The number of carbonyl (C=O) groups excluding carboxylic acids is 2. The first-order valence-corrected chi connectivity index (χ1v) is 10.4. The summed E-state index contributed by atoms with van der Waals surface area (Å²) in [7, 11) is 0. The zero-order valence-electron chi connectivity index (χ0n) is 15.6. The van der Waals surface area contributed by atoms with Crippen molar-refractivity contribution in [2.75, 3.05) is 18.1 Å². The summed E-state index contributed by atoms with van der Waals surface area (Å²) in [5, 5.41) is 0.421. The van der Waals surface area contributed by atoms with Crippen LogP contribution in [0, 0.1) is 11.7 Å². The Bertz CT molecular complexity index is 886.